The molecular formula is C20H21ClN2O3. The third-order valence-electron chi connectivity index (χ3n) is 4.58. The summed E-state index contributed by atoms with van der Waals surface area (Å²) in [6, 6.07) is 14.2. The van der Waals surface area contributed by atoms with Gasteiger partial charge in [-0.1, -0.05) is 17.7 Å². The Bertz CT molecular complexity index is 784. The Morgan fingerprint density at radius 1 is 1.12 bits per heavy atom. The molecule has 2 aromatic rings. The van der Waals surface area contributed by atoms with Crippen LogP contribution in [0.3, 0.4) is 0 Å². The molecule has 5 nitrogen and oxygen atoms in total. The molecule has 6 heteroatoms. The monoisotopic (exact) mass is 372 g/mol. The highest BCUT2D eigenvalue weighted by Gasteiger charge is 2.27. The lowest BCUT2D eigenvalue weighted by molar-refractivity contribution is -0.121. The predicted molar refractivity (Wildman–Crippen MR) is 102 cm³/mol. The standard InChI is InChI=1S/C20H21ClN2O3/c1-26-18-4-2-3-17(13-18)22-19(24)14-9-11-23(12-10-14)20(25)15-5-7-16(21)8-6-15/h2-8,13-14H,9-12H2,1H3,(H,22,24). The number of likely N-dealkylation sites (tertiary alicyclic amines) is 1. The second kappa shape index (κ2) is 8.23. The van der Waals surface area contributed by atoms with Gasteiger partial charge in [0.25, 0.3) is 5.91 Å². The molecule has 0 atom stereocenters. The number of methoxy groups -OCH3 is 1. The van der Waals surface area contributed by atoms with Crippen molar-refractivity contribution >= 4 is 29.1 Å². The second-order valence-electron chi connectivity index (χ2n) is 6.29. The molecule has 0 saturated carbocycles. The Hall–Kier alpha value is -2.53. The zero-order chi connectivity index (χ0) is 18.5. The van der Waals surface area contributed by atoms with E-state index in [1.54, 1.807) is 42.3 Å². The average molecular weight is 373 g/mol. The number of benzene rings is 2. The van der Waals surface area contributed by atoms with Crippen molar-refractivity contribution in [1.82, 2.24) is 4.90 Å². The summed E-state index contributed by atoms with van der Waals surface area (Å²) in [5.74, 6) is 0.562. The number of hydrogen-bond donors (Lipinski definition) is 1. The molecule has 1 aliphatic rings. The number of ether oxygens (including phenoxy) is 1. The first-order chi connectivity index (χ1) is 12.6. The number of piperidine rings is 1. The summed E-state index contributed by atoms with van der Waals surface area (Å²) in [6.45, 7) is 1.13. The van der Waals surface area contributed by atoms with E-state index in [0.29, 0.717) is 48.0 Å². The fourth-order valence-electron chi connectivity index (χ4n) is 3.06. The van der Waals surface area contributed by atoms with Crippen LogP contribution in [-0.4, -0.2) is 36.9 Å². The highest BCUT2D eigenvalue weighted by Crippen LogP contribution is 2.23. The smallest absolute Gasteiger partial charge is 0.253 e. The Balaban J connectivity index is 1.55. The minimum absolute atomic E-state index is 0.0168. The maximum atomic E-state index is 12.5. The van der Waals surface area contributed by atoms with E-state index in [9.17, 15) is 9.59 Å². The normalized spacial score (nSPS) is 14.8. The molecule has 26 heavy (non-hydrogen) atoms. The van der Waals surface area contributed by atoms with Crippen LogP contribution in [0.5, 0.6) is 5.75 Å². The molecule has 0 spiro atoms. The molecule has 1 heterocycles. The number of carbonyl (C=O) groups excluding carboxylic acids is 2. The number of carbonyl (C=O) groups is 2. The van der Waals surface area contributed by atoms with Gasteiger partial charge in [-0.05, 0) is 49.2 Å². The van der Waals surface area contributed by atoms with Gasteiger partial charge in [0.1, 0.15) is 5.75 Å². The molecule has 136 valence electrons. The number of nitrogens with zero attached hydrogens (tertiary/aromatic N) is 1. The lowest BCUT2D eigenvalue weighted by atomic mass is 9.95. The summed E-state index contributed by atoms with van der Waals surface area (Å²) < 4.78 is 5.17. The molecule has 1 N–H and O–H groups in total. The van der Waals surface area contributed by atoms with Gasteiger partial charge in [0.2, 0.25) is 5.91 Å². The molecule has 2 aromatic carbocycles. The number of hydrogen-bond acceptors (Lipinski definition) is 3. The van der Waals surface area contributed by atoms with Gasteiger partial charge in [0, 0.05) is 41.3 Å². The van der Waals surface area contributed by atoms with E-state index in [0.717, 1.165) is 0 Å². The van der Waals surface area contributed by atoms with Crippen molar-refractivity contribution in [3.05, 3.63) is 59.1 Å². The van der Waals surface area contributed by atoms with Crippen LogP contribution in [0.1, 0.15) is 23.2 Å². The summed E-state index contributed by atoms with van der Waals surface area (Å²) in [6.07, 6.45) is 1.30. The lowest BCUT2D eigenvalue weighted by Crippen LogP contribution is -2.41. The molecule has 1 aliphatic heterocycles. The third-order valence-corrected chi connectivity index (χ3v) is 4.83. The molecule has 0 unspecified atom stereocenters. The van der Waals surface area contributed by atoms with Crippen LogP contribution in [0.2, 0.25) is 5.02 Å². The molecule has 0 aromatic heterocycles. The quantitative estimate of drug-likeness (QED) is 0.887. The predicted octanol–water partition coefficient (Wildman–Crippen LogP) is 3.84. The van der Waals surface area contributed by atoms with Crippen LogP contribution in [0, 0.1) is 5.92 Å². The van der Waals surface area contributed by atoms with Gasteiger partial charge in [-0.25, -0.2) is 0 Å². The van der Waals surface area contributed by atoms with E-state index in [2.05, 4.69) is 5.32 Å². The Kier molecular flexibility index (Phi) is 5.78. The van der Waals surface area contributed by atoms with Crippen LogP contribution >= 0.6 is 11.6 Å². The van der Waals surface area contributed by atoms with Crippen molar-refractivity contribution in [2.75, 3.05) is 25.5 Å². The van der Waals surface area contributed by atoms with Crippen LogP contribution in [0.15, 0.2) is 48.5 Å². The summed E-state index contributed by atoms with van der Waals surface area (Å²) in [5.41, 5.74) is 1.34. The first-order valence-corrected chi connectivity index (χ1v) is 8.94. The van der Waals surface area contributed by atoms with Gasteiger partial charge in [-0.3, -0.25) is 9.59 Å². The average Bonchev–Trinajstić information content (AvgIpc) is 2.68. The van der Waals surface area contributed by atoms with Crippen molar-refractivity contribution < 1.29 is 14.3 Å². The fraction of sp³-hybridized carbons (Fsp3) is 0.300. The fourth-order valence-corrected chi connectivity index (χ4v) is 3.19. The lowest BCUT2D eigenvalue weighted by Gasteiger charge is -2.31. The van der Waals surface area contributed by atoms with Crippen molar-refractivity contribution in [3.8, 4) is 5.75 Å². The largest absolute Gasteiger partial charge is 0.497 e. The van der Waals surface area contributed by atoms with Crippen LogP contribution in [-0.2, 0) is 4.79 Å². The number of nitrogens with one attached hydrogen (secondary N) is 1. The SMILES string of the molecule is COc1cccc(NC(=O)C2CCN(C(=O)c3ccc(Cl)cc3)CC2)c1. The Labute approximate surface area is 157 Å². The van der Waals surface area contributed by atoms with Crippen LogP contribution < -0.4 is 10.1 Å². The van der Waals surface area contributed by atoms with Crippen molar-refractivity contribution in [2.24, 2.45) is 5.92 Å². The molecule has 1 fully saturated rings. The van der Waals surface area contributed by atoms with Gasteiger partial charge in [0.15, 0.2) is 0 Å². The molecule has 2 amide bonds. The van der Waals surface area contributed by atoms with Crippen molar-refractivity contribution in [1.29, 1.82) is 0 Å². The Morgan fingerprint density at radius 3 is 2.46 bits per heavy atom. The first kappa shape index (κ1) is 18.3. The summed E-state index contributed by atoms with van der Waals surface area (Å²) in [5, 5.41) is 3.54. The van der Waals surface area contributed by atoms with E-state index >= 15 is 0 Å². The number of halogens is 1. The van der Waals surface area contributed by atoms with E-state index in [1.807, 2.05) is 18.2 Å². The zero-order valence-corrected chi connectivity index (χ0v) is 15.3. The molecule has 0 bridgehead atoms. The van der Waals surface area contributed by atoms with Gasteiger partial charge < -0.3 is 15.0 Å². The topological polar surface area (TPSA) is 58.6 Å². The summed E-state index contributed by atoms with van der Waals surface area (Å²) in [7, 11) is 1.59. The summed E-state index contributed by atoms with van der Waals surface area (Å²) >= 11 is 5.86. The second-order valence-corrected chi connectivity index (χ2v) is 6.73. The van der Waals surface area contributed by atoms with E-state index in [1.165, 1.54) is 0 Å². The maximum absolute atomic E-state index is 12.5. The first-order valence-electron chi connectivity index (χ1n) is 8.56. The van der Waals surface area contributed by atoms with Gasteiger partial charge in [-0.15, -0.1) is 0 Å². The van der Waals surface area contributed by atoms with Crippen LogP contribution in [0.4, 0.5) is 5.69 Å². The van der Waals surface area contributed by atoms with Crippen molar-refractivity contribution in [3.63, 3.8) is 0 Å². The van der Waals surface area contributed by atoms with E-state index in [-0.39, 0.29) is 17.7 Å². The minimum atomic E-state index is -0.101. The highest BCUT2D eigenvalue weighted by atomic mass is 35.5. The van der Waals surface area contributed by atoms with E-state index < -0.39 is 0 Å². The van der Waals surface area contributed by atoms with Gasteiger partial charge >= 0.3 is 0 Å². The van der Waals surface area contributed by atoms with Gasteiger partial charge in [0.05, 0.1) is 7.11 Å². The highest BCUT2D eigenvalue weighted by molar-refractivity contribution is 6.30. The maximum Gasteiger partial charge on any atom is 0.253 e. The van der Waals surface area contributed by atoms with Crippen LogP contribution in [0.25, 0.3) is 0 Å². The number of rotatable bonds is 4. The van der Waals surface area contributed by atoms with Crippen molar-refractivity contribution in [2.45, 2.75) is 12.8 Å². The zero-order valence-electron chi connectivity index (χ0n) is 14.6. The third kappa shape index (κ3) is 4.35. The molecule has 0 radical (unpaired) electrons. The minimum Gasteiger partial charge on any atom is -0.497 e. The molecule has 1 saturated heterocycles. The molecule has 3 rings (SSSR count). The molecular weight excluding hydrogens is 352 g/mol. The Morgan fingerprint density at radius 2 is 1.81 bits per heavy atom. The van der Waals surface area contributed by atoms with E-state index in [4.69, 9.17) is 16.3 Å². The number of amides is 2. The van der Waals surface area contributed by atoms with Gasteiger partial charge in [-0.2, -0.15) is 0 Å². The number of anilines is 1. The molecule has 0 aliphatic carbocycles. The summed E-state index contributed by atoms with van der Waals surface area (Å²) in [4.78, 5) is 26.8.